The number of carbonyl (C=O) groups is 1. The zero-order valence-corrected chi connectivity index (χ0v) is 16.5. The normalized spacial score (nSPS) is 10.6. The lowest BCUT2D eigenvalue weighted by atomic mass is 10.1. The highest BCUT2D eigenvalue weighted by atomic mass is 16.5. The molecule has 7 nitrogen and oxygen atoms in total. The number of methoxy groups -OCH3 is 1. The Hall–Kier alpha value is -3.35. The van der Waals surface area contributed by atoms with E-state index in [-0.39, 0.29) is 11.8 Å². The van der Waals surface area contributed by atoms with Crippen LogP contribution in [0.5, 0.6) is 5.75 Å². The van der Waals surface area contributed by atoms with E-state index in [0.717, 1.165) is 24.3 Å². The van der Waals surface area contributed by atoms with Crippen molar-refractivity contribution in [3.63, 3.8) is 0 Å². The van der Waals surface area contributed by atoms with Crippen LogP contribution >= 0.6 is 0 Å². The lowest BCUT2D eigenvalue weighted by Gasteiger charge is -2.22. The standard InChI is InChI=1S/C21H24N4O3/c1-5-25(6-2)16-10-11-18(14(3)12-16)22-19(26)21-24-23-20(28-21)15-8-7-9-17(13-15)27-4/h7-13H,5-6H2,1-4H3,(H,22,26). The number of anilines is 2. The fraction of sp³-hybridized carbons (Fsp3) is 0.286. The van der Waals surface area contributed by atoms with Crippen LogP contribution in [0.1, 0.15) is 30.1 Å². The van der Waals surface area contributed by atoms with Gasteiger partial charge < -0.3 is 19.4 Å². The van der Waals surface area contributed by atoms with E-state index in [1.165, 1.54) is 0 Å². The number of nitrogens with zero attached hydrogens (tertiary/aromatic N) is 3. The molecule has 0 spiro atoms. The molecule has 1 amide bonds. The molecule has 0 saturated carbocycles. The Morgan fingerprint density at radius 1 is 1.14 bits per heavy atom. The summed E-state index contributed by atoms with van der Waals surface area (Å²) in [5.41, 5.74) is 3.48. The van der Waals surface area contributed by atoms with Crippen LogP contribution in [0.3, 0.4) is 0 Å². The van der Waals surface area contributed by atoms with Crippen LogP contribution in [0.25, 0.3) is 11.5 Å². The van der Waals surface area contributed by atoms with E-state index < -0.39 is 5.91 Å². The van der Waals surface area contributed by atoms with Crippen molar-refractivity contribution >= 4 is 17.3 Å². The Morgan fingerprint density at radius 3 is 2.61 bits per heavy atom. The first-order valence-electron chi connectivity index (χ1n) is 9.20. The molecule has 0 aliphatic carbocycles. The minimum Gasteiger partial charge on any atom is -0.497 e. The average Bonchev–Trinajstić information content (AvgIpc) is 3.21. The van der Waals surface area contributed by atoms with Crippen LogP contribution in [0.15, 0.2) is 46.9 Å². The van der Waals surface area contributed by atoms with Gasteiger partial charge in [-0.2, -0.15) is 0 Å². The van der Waals surface area contributed by atoms with Crippen LogP contribution in [0, 0.1) is 6.92 Å². The fourth-order valence-electron chi connectivity index (χ4n) is 2.94. The number of nitrogens with one attached hydrogen (secondary N) is 1. The van der Waals surface area contributed by atoms with Crippen molar-refractivity contribution in [3.05, 3.63) is 53.9 Å². The molecule has 1 heterocycles. The number of aromatic nitrogens is 2. The highest BCUT2D eigenvalue weighted by Crippen LogP contribution is 2.25. The molecular weight excluding hydrogens is 356 g/mol. The second-order valence-corrected chi connectivity index (χ2v) is 6.27. The van der Waals surface area contributed by atoms with Gasteiger partial charge in [-0.05, 0) is 62.7 Å². The third-order valence-corrected chi connectivity index (χ3v) is 4.52. The number of rotatable bonds is 7. The van der Waals surface area contributed by atoms with Gasteiger partial charge in [-0.25, -0.2) is 0 Å². The van der Waals surface area contributed by atoms with Gasteiger partial charge in [-0.3, -0.25) is 4.79 Å². The van der Waals surface area contributed by atoms with Crippen molar-refractivity contribution in [2.45, 2.75) is 20.8 Å². The summed E-state index contributed by atoms with van der Waals surface area (Å²) in [6, 6.07) is 13.2. The van der Waals surface area contributed by atoms with Crippen LogP contribution in [0.4, 0.5) is 11.4 Å². The van der Waals surface area contributed by atoms with Gasteiger partial charge in [0.1, 0.15) is 5.75 Å². The van der Waals surface area contributed by atoms with E-state index >= 15 is 0 Å². The zero-order chi connectivity index (χ0) is 20.1. The SMILES string of the molecule is CCN(CC)c1ccc(NC(=O)c2nnc(-c3cccc(OC)c3)o2)c(C)c1. The lowest BCUT2D eigenvalue weighted by molar-refractivity contribution is 0.0990. The molecule has 146 valence electrons. The molecule has 0 fully saturated rings. The first-order valence-corrected chi connectivity index (χ1v) is 9.20. The molecule has 0 atom stereocenters. The minimum atomic E-state index is -0.444. The fourth-order valence-corrected chi connectivity index (χ4v) is 2.94. The van der Waals surface area contributed by atoms with Crippen molar-refractivity contribution < 1.29 is 13.9 Å². The Labute approximate surface area is 164 Å². The maximum Gasteiger partial charge on any atom is 0.313 e. The molecule has 2 aromatic carbocycles. The second-order valence-electron chi connectivity index (χ2n) is 6.27. The number of carbonyl (C=O) groups excluding carboxylic acids is 1. The first kappa shape index (κ1) is 19.4. The summed E-state index contributed by atoms with van der Waals surface area (Å²) in [7, 11) is 1.58. The Balaban J connectivity index is 1.76. The van der Waals surface area contributed by atoms with E-state index in [0.29, 0.717) is 17.0 Å². The van der Waals surface area contributed by atoms with E-state index in [1.807, 2.05) is 37.3 Å². The predicted molar refractivity (Wildman–Crippen MR) is 109 cm³/mol. The monoisotopic (exact) mass is 380 g/mol. The molecule has 0 saturated heterocycles. The summed E-state index contributed by atoms with van der Waals surface area (Å²) < 4.78 is 10.7. The summed E-state index contributed by atoms with van der Waals surface area (Å²) in [5.74, 6) is 0.397. The summed E-state index contributed by atoms with van der Waals surface area (Å²) in [5, 5.41) is 10.7. The van der Waals surface area contributed by atoms with Crippen LogP contribution in [-0.2, 0) is 0 Å². The first-order chi connectivity index (χ1) is 13.5. The number of amides is 1. The molecule has 0 unspecified atom stereocenters. The number of ether oxygens (including phenoxy) is 1. The van der Waals surface area contributed by atoms with Crippen molar-refractivity contribution in [3.8, 4) is 17.2 Å². The van der Waals surface area contributed by atoms with Gasteiger partial charge in [0, 0.05) is 30.0 Å². The third-order valence-electron chi connectivity index (χ3n) is 4.52. The molecule has 3 rings (SSSR count). The van der Waals surface area contributed by atoms with Crippen LogP contribution in [0.2, 0.25) is 0 Å². The zero-order valence-electron chi connectivity index (χ0n) is 16.5. The molecule has 0 aliphatic heterocycles. The van der Waals surface area contributed by atoms with Gasteiger partial charge in [-0.15, -0.1) is 10.2 Å². The van der Waals surface area contributed by atoms with E-state index in [2.05, 4.69) is 40.3 Å². The molecule has 1 aromatic heterocycles. The number of aryl methyl sites for hydroxylation is 1. The summed E-state index contributed by atoms with van der Waals surface area (Å²) in [6.45, 7) is 8.04. The van der Waals surface area contributed by atoms with E-state index in [9.17, 15) is 4.79 Å². The quantitative estimate of drug-likeness (QED) is 0.663. The Bertz CT molecular complexity index is 964. The topological polar surface area (TPSA) is 80.5 Å². The molecule has 28 heavy (non-hydrogen) atoms. The highest BCUT2D eigenvalue weighted by molar-refractivity contribution is 6.01. The molecule has 3 aromatic rings. The Kier molecular flexibility index (Phi) is 5.93. The van der Waals surface area contributed by atoms with Crippen LogP contribution in [-0.4, -0.2) is 36.3 Å². The van der Waals surface area contributed by atoms with Crippen LogP contribution < -0.4 is 15.0 Å². The van der Waals surface area contributed by atoms with Gasteiger partial charge >= 0.3 is 11.8 Å². The van der Waals surface area contributed by atoms with Crippen molar-refractivity contribution in [1.82, 2.24) is 10.2 Å². The van der Waals surface area contributed by atoms with Gasteiger partial charge in [0.15, 0.2) is 0 Å². The van der Waals surface area contributed by atoms with Crippen molar-refractivity contribution in [2.75, 3.05) is 30.4 Å². The smallest absolute Gasteiger partial charge is 0.313 e. The maximum atomic E-state index is 12.5. The summed E-state index contributed by atoms with van der Waals surface area (Å²) in [4.78, 5) is 14.8. The number of benzene rings is 2. The predicted octanol–water partition coefficient (Wildman–Crippen LogP) is 4.15. The molecule has 0 aliphatic rings. The number of hydrogen-bond acceptors (Lipinski definition) is 6. The molecule has 1 N–H and O–H groups in total. The molecule has 0 bridgehead atoms. The summed E-state index contributed by atoms with van der Waals surface area (Å²) in [6.07, 6.45) is 0. The maximum absolute atomic E-state index is 12.5. The molecular formula is C21H24N4O3. The Morgan fingerprint density at radius 2 is 1.93 bits per heavy atom. The highest BCUT2D eigenvalue weighted by Gasteiger charge is 2.17. The van der Waals surface area contributed by atoms with Gasteiger partial charge in [-0.1, -0.05) is 6.07 Å². The van der Waals surface area contributed by atoms with Gasteiger partial charge in [0.25, 0.3) is 0 Å². The summed E-state index contributed by atoms with van der Waals surface area (Å²) >= 11 is 0. The number of hydrogen-bond donors (Lipinski definition) is 1. The minimum absolute atomic E-state index is 0.0926. The van der Waals surface area contributed by atoms with E-state index in [1.54, 1.807) is 13.2 Å². The third kappa shape index (κ3) is 4.14. The second kappa shape index (κ2) is 8.56. The van der Waals surface area contributed by atoms with Gasteiger partial charge in [0.2, 0.25) is 5.89 Å². The molecule has 7 heteroatoms. The van der Waals surface area contributed by atoms with Crippen molar-refractivity contribution in [2.24, 2.45) is 0 Å². The largest absolute Gasteiger partial charge is 0.497 e. The van der Waals surface area contributed by atoms with Crippen molar-refractivity contribution in [1.29, 1.82) is 0 Å². The van der Waals surface area contributed by atoms with E-state index in [4.69, 9.17) is 9.15 Å². The lowest BCUT2D eigenvalue weighted by Crippen LogP contribution is -2.22. The van der Waals surface area contributed by atoms with Gasteiger partial charge in [0.05, 0.1) is 7.11 Å². The average molecular weight is 380 g/mol. The molecule has 0 radical (unpaired) electrons.